The topological polar surface area (TPSA) is 41.1 Å². The van der Waals surface area contributed by atoms with Gasteiger partial charge in [-0.15, -0.1) is 0 Å². The molecule has 0 heterocycles. The molecule has 0 aromatic heterocycles. The molecule has 21 heavy (non-hydrogen) atoms. The first kappa shape index (κ1) is 20.4. The van der Waals surface area contributed by atoms with Crippen molar-refractivity contribution in [1.82, 2.24) is 10.6 Å². The number of carbonyl (C=O) groups excluding carboxylic acids is 1. The molecule has 0 saturated carbocycles. The van der Waals surface area contributed by atoms with E-state index in [9.17, 15) is 4.79 Å². The standard InChI is InChI=1S/C18H38N2O/c1-7-9-11-13-16(14-12-10-8-2)19-15(3)17(21)20-18(4,5)6/h15-16,19H,7-14H2,1-6H3,(H,20,21). The van der Waals surface area contributed by atoms with E-state index in [0.29, 0.717) is 6.04 Å². The van der Waals surface area contributed by atoms with Gasteiger partial charge in [0.25, 0.3) is 0 Å². The highest BCUT2D eigenvalue weighted by atomic mass is 16.2. The lowest BCUT2D eigenvalue weighted by Crippen LogP contribution is -2.51. The second-order valence-electron chi connectivity index (χ2n) is 7.32. The number of unbranched alkanes of at least 4 members (excludes halogenated alkanes) is 4. The lowest BCUT2D eigenvalue weighted by molar-refractivity contribution is -0.124. The largest absolute Gasteiger partial charge is 0.350 e. The van der Waals surface area contributed by atoms with Gasteiger partial charge in [0.2, 0.25) is 5.91 Å². The molecular weight excluding hydrogens is 260 g/mol. The minimum atomic E-state index is -0.160. The molecule has 0 aliphatic heterocycles. The summed E-state index contributed by atoms with van der Waals surface area (Å²) in [6.45, 7) is 12.5. The highest BCUT2D eigenvalue weighted by Crippen LogP contribution is 2.12. The molecule has 1 atom stereocenters. The zero-order valence-electron chi connectivity index (χ0n) is 15.2. The van der Waals surface area contributed by atoms with Gasteiger partial charge in [0.05, 0.1) is 6.04 Å². The van der Waals surface area contributed by atoms with E-state index in [1.54, 1.807) is 0 Å². The van der Waals surface area contributed by atoms with Crippen LogP contribution in [0.2, 0.25) is 0 Å². The number of hydrogen-bond donors (Lipinski definition) is 2. The van der Waals surface area contributed by atoms with Crippen molar-refractivity contribution in [2.75, 3.05) is 0 Å². The van der Waals surface area contributed by atoms with E-state index in [-0.39, 0.29) is 17.5 Å². The Morgan fingerprint density at radius 1 is 0.952 bits per heavy atom. The summed E-state index contributed by atoms with van der Waals surface area (Å²) in [4.78, 5) is 12.2. The molecule has 1 unspecified atom stereocenters. The lowest BCUT2D eigenvalue weighted by atomic mass is 10.0. The molecule has 0 aliphatic carbocycles. The third-order valence-electron chi connectivity index (χ3n) is 3.69. The van der Waals surface area contributed by atoms with E-state index in [2.05, 4.69) is 24.5 Å². The predicted octanol–water partition coefficient (Wildman–Crippen LogP) is 4.41. The minimum Gasteiger partial charge on any atom is -0.350 e. The maximum Gasteiger partial charge on any atom is 0.237 e. The number of amides is 1. The van der Waals surface area contributed by atoms with Crippen LogP contribution in [0, 0.1) is 0 Å². The Morgan fingerprint density at radius 3 is 1.81 bits per heavy atom. The summed E-state index contributed by atoms with van der Waals surface area (Å²) in [6, 6.07) is 0.362. The van der Waals surface area contributed by atoms with Crippen LogP contribution >= 0.6 is 0 Å². The van der Waals surface area contributed by atoms with E-state index in [1.807, 2.05) is 27.7 Å². The van der Waals surface area contributed by atoms with Gasteiger partial charge >= 0.3 is 0 Å². The fourth-order valence-electron chi connectivity index (χ4n) is 2.50. The number of hydrogen-bond acceptors (Lipinski definition) is 2. The van der Waals surface area contributed by atoms with Gasteiger partial charge in [0, 0.05) is 11.6 Å². The van der Waals surface area contributed by atoms with Gasteiger partial charge in [-0.1, -0.05) is 52.4 Å². The smallest absolute Gasteiger partial charge is 0.237 e. The maximum atomic E-state index is 12.2. The first-order chi connectivity index (χ1) is 9.80. The highest BCUT2D eigenvalue weighted by Gasteiger charge is 2.21. The maximum absolute atomic E-state index is 12.2. The van der Waals surface area contributed by atoms with Gasteiger partial charge in [-0.2, -0.15) is 0 Å². The Bertz CT molecular complexity index is 261. The summed E-state index contributed by atoms with van der Waals surface area (Å²) in [5, 5.41) is 6.60. The van der Waals surface area contributed by atoms with Crippen LogP contribution in [-0.2, 0) is 4.79 Å². The summed E-state index contributed by atoms with van der Waals surface area (Å²) in [5.41, 5.74) is -0.160. The van der Waals surface area contributed by atoms with Crippen LogP contribution in [0.25, 0.3) is 0 Å². The van der Waals surface area contributed by atoms with Gasteiger partial charge in [-0.25, -0.2) is 0 Å². The van der Waals surface area contributed by atoms with Crippen LogP contribution < -0.4 is 10.6 Å². The molecule has 3 heteroatoms. The Kier molecular flexibility index (Phi) is 10.8. The van der Waals surface area contributed by atoms with E-state index in [4.69, 9.17) is 0 Å². The van der Waals surface area contributed by atoms with Crippen LogP contribution in [0.4, 0.5) is 0 Å². The molecule has 2 N–H and O–H groups in total. The van der Waals surface area contributed by atoms with E-state index < -0.39 is 0 Å². The van der Waals surface area contributed by atoms with E-state index in [0.717, 1.165) is 0 Å². The normalized spacial score (nSPS) is 13.5. The van der Waals surface area contributed by atoms with Crippen LogP contribution in [0.1, 0.15) is 92.9 Å². The first-order valence-electron chi connectivity index (χ1n) is 8.88. The van der Waals surface area contributed by atoms with Crippen molar-refractivity contribution in [2.24, 2.45) is 0 Å². The third kappa shape index (κ3) is 11.7. The van der Waals surface area contributed by atoms with Crippen molar-refractivity contribution in [3.05, 3.63) is 0 Å². The molecule has 0 saturated heterocycles. The molecule has 0 aromatic rings. The van der Waals surface area contributed by atoms with Crippen molar-refractivity contribution < 1.29 is 4.79 Å². The molecular formula is C18H38N2O. The summed E-state index contributed by atoms with van der Waals surface area (Å²) in [5.74, 6) is 0.110. The molecule has 126 valence electrons. The van der Waals surface area contributed by atoms with Gasteiger partial charge < -0.3 is 10.6 Å². The predicted molar refractivity (Wildman–Crippen MR) is 92.6 cm³/mol. The summed E-state index contributed by atoms with van der Waals surface area (Å²) >= 11 is 0. The quantitative estimate of drug-likeness (QED) is 0.555. The van der Waals surface area contributed by atoms with Crippen molar-refractivity contribution in [3.63, 3.8) is 0 Å². The molecule has 1 amide bonds. The summed E-state index contributed by atoms with van der Waals surface area (Å²) in [6.07, 6.45) is 9.96. The Hall–Kier alpha value is -0.570. The molecule has 0 fully saturated rings. The fourth-order valence-corrected chi connectivity index (χ4v) is 2.50. The second kappa shape index (κ2) is 11.1. The molecule has 0 radical (unpaired) electrons. The van der Waals surface area contributed by atoms with E-state index >= 15 is 0 Å². The van der Waals surface area contributed by atoms with Crippen LogP contribution in [-0.4, -0.2) is 23.5 Å². The number of rotatable bonds is 11. The minimum absolute atomic E-state index is 0.110. The zero-order valence-corrected chi connectivity index (χ0v) is 15.2. The lowest BCUT2D eigenvalue weighted by Gasteiger charge is -2.27. The van der Waals surface area contributed by atoms with Crippen LogP contribution in [0.3, 0.4) is 0 Å². The SMILES string of the molecule is CCCCCC(CCCCC)NC(C)C(=O)NC(C)(C)C. The number of nitrogens with one attached hydrogen (secondary N) is 2. The van der Waals surface area contributed by atoms with Crippen molar-refractivity contribution in [2.45, 2.75) is 111 Å². The summed E-state index contributed by atoms with van der Waals surface area (Å²) < 4.78 is 0. The second-order valence-corrected chi connectivity index (χ2v) is 7.32. The van der Waals surface area contributed by atoms with Gasteiger partial charge in [0.1, 0.15) is 0 Å². The Labute approximate surface area is 132 Å². The van der Waals surface area contributed by atoms with Crippen molar-refractivity contribution in [1.29, 1.82) is 0 Å². The number of carbonyl (C=O) groups is 1. The van der Waals surface area contributed by atoms with Crippen molar-refractivity contribution in [3.8, 4) is 0 Å². The zero-order chi connectivity index (χ0) is 16.3. The van der Waals surface area contributed by atoms with Gasteiger partial charge in [-0.05, 0) is 40.5 Å². The van der Waals surface area contributed by atoms with Crippen LogP contribution in [0.5, 0.6) is 0 Å². The Morgan fingerprint density at radius 2 is 1.43 bits per heavy atom. The third-order valence-corrected chi connectivity index (χ3v) is 3.69. The average Bonchev–Trinajstić information content (AvgIpc) is 2.36. The van der Waals surface area contributed by atoms with Crippen molar-refractivity contribution >= 4 is 5.91 Å². The fraction of sp³-hybridized carbons (Fsp3) is 0.944. The monoisotopic (exact) mass is 298 g/mol. The molecule has 0 spiro atoms. The first-order valence-corrected chi connectivity index (χ1v) is 8.88. The van der Waals surface area contributed by atoms with Gasteiger partial charge in [0.15, 0.2) is 0 Å². The molecule has 0 aromatic carbocycles. The highest BCUT2D eigenvalue weighted by molar-refractivity contribution is 5.81. The van der Waals surface area contributed by atoms with E-state index in [1.165, 1.54) is 51.4 Å². The molecule has 0 aliphatic rings. The molecule has 3 nitrogen and oxygen atoms in total. The average molecular weight is 299 g/mol. The van der Waals surface area contributed by atoms with Gasteiger partial charge in [-0.3, -0.25) is 4.79 Å². The Balaban J connectivity index is 4.30. The van der Waals surface area contributed by atoms with Crippen LogP contribution in [0.15, 0.2) is 0 Å². The summed E-state index contributed by atoms with van der Waals surface area (Å²) in [7, 11) is 0. The molecule has 0 bridgehead atoms. The molecule has 0 rings (SSSR count).